The summed E-state index contributed by atoms with van der Waals surface area (Å²) in [5, 5.41) is 1.09. The molecule has 1 aliphatic heterocycles. The first-order chi connectivity index (χ1) is 7.36. The summed E-state index contributed by atoms with van der Waals surface area (Å²) in [6, 6.07) is 8.11. The first-order valence-corrected chi connectivity index (χ1v) is 6.15. The van der Waals surface area contributed by atoms with Crippen molar-refractivity contribution >= 4 is 28.4 Å². The lowest BCUT2D eigenvalue weighted by atomic mass is 10.1. The van der Waals surface area contributed by atoms with Crippen molar-refractivity contribution in [2.24, 2.45) is 0 Å². The molecule has 0 amide bonds. The predicted molar refractivity (Wildman–Crippen MR) is 65.2 cm³/mol. The normalized spacial score (nSPS) is 15.2. The highest BCUT2D eigenvalue weighted by Crippen LogP contribution is 2.37. The van der Waals surface area contributed by atoms with Crippen molar-refractivity contribution in [3.63, 3.8) is 0 Å². The highest BCUT2D eigenvalue weighted by atomic mass is 32.2. The molecular formula is C12H12N2S. The van der Waals surface area contributed by atoms with Gasteiger partial charge in [0, 0.05) is 5.39 Å². The minimum atomic E-state index is 0.917. The van der Waals surface area contributed by atoms with Gasteiger partial charge < -0.3 is 5.73 Å². The van der Waals surface area contributed by atoms with E-state index >= 15 is 0 Å². The molecule has 1 aliphatic rings. The molecule has 0 atom stereocenters. The Kier molecular flexibility index (Phi) is 2.06. The van der Waals surface area contributed by atoms with Crippen LogP contribution in [-0.2, 0) is 6.42 Å². The van der Waals surface area contributed by atoms with Crippen LogP contribution in [0.3, 0.4) is 0 Å². The monoisotopic (exact) mass is 216 g/mol. The molecule has 3 heteroatoms. The third-order valence-corrected chi connectivity index (χ3v) is 4.00. The van der Waals surface area contributed by atoms with Gasteiger partial charge in [0.15, 0.2) is 0 Å². The van der Waals surface area contributed by atoms with E-state index in [1.165, 1.54) is 17.0 Å². The largest absolute Gasteiger partial charge is 0.397 e. The highest BCUT2D eigenvalue weighted by Gasteiger charge is 2.16. The third-order valence-electron chi connectivity index (χ3n) is 2.76. The molecule has 2 aromatic rings. The quantitative estimate of drug-likeness (QED) is 0.736. The number of nitrogens with zero attached hydrogens (tertiary/aromatic N) is 1. The smallest absolute Gasteiger partial charge is 0.0726 e. The van der Waals surface area contributed by atoms with E-state index in [0.29, 0.717) is 0 Å². The molecule has 0 bridgehead atoms. The van der Waals surface area contributed by atoms with E-state index in [-0.39, 0.29) is 0 Å². The summed E-state index contributed by atoms with van der Waals surface area (Å²) in [4.78, 5) is 5.88. The van der Waals surface area contributed by atoms with Gasteiger partial charge in [0.05, 0.1) is 21.8 Å². The standard InChI is InChI=1S/C12H12N2S/c13-11-8-4-1-2-5-9(8)14-10-6-3-7-15-12(10)11/h1-2,4-5H,3,6-7H2,(H2,13,14). The van der Waals surface area contributed by atoms with Gasteiger partial charge in [-0.15, -0.1) is 11.8 Å². The van der Waals surface area contributed by atoms with Crippen molar-refractivity contribution in [2.75, 3.05) is 11.5 Å². The van der Waals surface area contributed by atoms with E-state index in [0.717, 1.165) is 28.8 Å². The van der Waals surface area contributed by atoms with Gasteiger partial charge in [0.2, 0.25) is 0 Å². The Morgan fingerprint density at radius 3 is 3.07 bits per heavy atom. The summed E-state index contributed by atoms with van der Waals surface area (Å²) in [6.45, 7) is 0. The molecular weight excluding hydrogens is 204 g/mol. The molecule has 76 valence electrons. The topological polar surface area (TPSA) is 38.9 Å². The summed E-state index contributed by atoms with van der Waals surface area (Å²) < 4.78 is 0. The lowest BCUT2D eigenvalue weighted by Crippen LogP contribution is -2.05. The van der Waals surface area contributed by atoms with Crippen molar-refractivity contribution in [2.45, 2.75) is 17.7 Å². The Hall–Kier alpha value is -1.22. The Morgan fingerprint density at radius 2 is 2.13 bits per heavy atom. The van der Waals surface area contributed by atoms with Crippen molar-refractivity contribution < 1.29 is 0 Å². The molecule has 0 aliphatic carbocycles. The van der Waals surface area contributed by atoms with Crippen LogP contribution in [0.25, 0.3) is 10.9 Å². The van der Waals surface area contributed by atoms with Crippen LogP contribution in [-0.4, -0.2) is 10.7 Å². The number of pyridine rings is 1. The number of para-hydroxylation sites is 1. The second kappa shape index (κ2) is 3.42. The average Bonchev–Trinajstić information content (AvgIpc) is 2.30. The second-order valence-corrected chi connectivity index (χ2v) is 4.88. The highest BCUT2D eigenvalue weighted by molar-refractivity contribution is 7.99. The second-order valence-electron chi connectivity index (χ2n) is 3.77. The van der Waals surface area contributed by atoms with Crippen molar-refractivity contribution in [3.8, 4) is 0 Å². The molecule has 3 rings (SSSR count). The molecule has 0 unspecified atom stereocenters. The average molecular weight is 216 g/mol. The summed E-state index contributed by atoms with van der Waals surface area (Å²) >= 11 is 1.84. The number of fused-ring (bicyclic) bond motifs is 2. The summed E-state index contributed by atoms with van der Waals surface area (Å²) in [5.74, 6) is 1.16. The van der Waals surface area contributed by atoms with Gasteiger partial charge in [0.25, 0.3) is 0 Å². The van der Waals surface area contributed by atoms with Crippen LogP contribution in [0.4, 0.5) is 5.69 Å². The van der Waals surface area contributed by atoms with Crippen molar-refractivity contribution in [1.82, 2.24) is 4.98 Å². The number of thioether (sulfide) groups is 1. The molecule has 0 spiro atoms. The van der Waals surface area contributed by atoms with E-state index < -0.39 is 0 Å². The zero-order valence-electron chi connectivity index (χ0n) is 8.36. The molecule has 0 saturated heterocycles. The molecule has 0 radical (unpaired) electrons. The van der Waals surface area contributed by atoms with E-state index in [4.69, 9.17) is 5.73 Å². The van der Waals surface area contributed by atoms with Crippen LogP contribution in [0.2, 0.25) is 0 Å². The Morgan fingerprint density at radius 1 is 1.27 bits per heavy atom. The fourth-order valence-electron chi connectivity index (χ4n) is 2.02. The molecule has 1 aromatic heterocycles. The minimum absolute atomic E-state index is 0.917. The van der Waals surface area contributed by atoms with E-state index in [9.17, 15) is 0 Å². The minimum Gasteiger partial charge on any atom is -0.397 e. The number of hydrogen-bond acceptors (Lipinski definition) is 3. The van der Waals surface area contributed by atoms with Gasteiger partial charge in [-0.05, 0) is 24.7 Å². The van der Waals surface area contributed by atoms with Crippen molar-refractivity contribution in [1.29, 1.82) is 0 Å². The van der Waals surface area contributed by atoms with Gasteiger partial charge in [-0.3, -0.25) is 4.98 Å². The van der Waals surface area contributed by atoms with Crippen LogP contribution >= 0.6 is 11.8 Å². The van der Waals surface area contributed by atoms with Crippen LogP contribution in [0.15, 0.2) is 29.2 Å². The molecule has 0 fully saturated rings. The third kappa shape index (κ3) is 1.38. The Bertz CT molecular complexity index is 522. The first kappa shape index (κ1) is 9.04. The van der Waals surface area contributed by atoms with Crippen LogP contribution in [0.5, 0.6) is 0 Å². The number of aromatic nitrogens is 1. The molecule has 2 N–H and O–H groups in total. The van der Waals surface area contributed by atoms with E-state index in [1.807, 2.05) is 36.0 Å². The molecule has 15 heavy (non-hydrogen) atoms. The Balaban J connectivity index is 2.36. The maximum absolute atomic E-state index is 6.18. The van der Waals surface area contributed by atoms with Gasteiger partial charge >= 0.3 is 0 Å². The number of rotatable bonds is 0. The van der Waals surface area contributed by atoms with Crippen LogP contribution < -0.4 is 5.73 Å². The van der Waals surface area contributed by atoms with Crippen LogP contribution in [0.1, 0.15) is 12.1 Å². The first-order valence-electron chi connectivity index (χ1n) is 5.16. The van der Waals surface area contributed by atoms with E-state index in [2.05, 4.69) is 4.98 Å². The SMILES string of the molecule is Nc1c2c(nc3ccccc13)CCCS2. The zero-order chi connectivity index (χ0) is 10.3. The molecule has 2 nitrogen and oxygen atoms in total. The van der Waals surface area contributed by atoms with Gasteiger partial charge in [-0.25, -0.2) is 0 Å². The fourth-order valence-corrected chi connectivity index (χ4v) is 3.09. The fraction of sp³-hybridized carbons (Fsp3) is 0.250. The number of hydrogen-bond donors (Lipinski definition) is 1. The summed E-state index contributed by atoms with van der Waals surface area (Å²) in [7, 11) is 0. The van der Waals surface area contributed by atoms with Crippen LogP contribution in [0, 0.1) is 0 Å². The van der Waals surface area contributed by atoms with Gasteiger partial charge in [-0.2, -0.15) is 0 Å². The number of benzene rings is 1. The van der Waals surface area contributed by atoms with E-state index in [1.54, 1.807) is 0 Å². The van der Waals surface area contributed by atoms with Gasteiger partial charge in [-0.1, -0.05) is 18.2 Å². The Labute approximate surface area is 92.9 Å². The maximum Gasteiger partial charge on any atom is 0.0726 e. The summed E-state index contributed by atoms with van der Waals surface area (Å²) in [5.41, 5.74) is 9.30. The molecule has 0 saturated carbocycles. The lowest BCUT2D eigenvalue weighted by molar-refractivity contribution is 0.855. The number of aryl methyl sites for hydroxylation is 1. The number of anilines is 1. The number of nitrogen functional groups attached to an aromatic ring is 1. The van der Waals surface area contributed by atoms with Crippen molar-refractivity contribution in [3.05, 3.63) is 30.0 Å². The predicted octanol–water partition coefficient (Wildman–Crippen LogP) is 2.86. The lowest BCUT2D eigenvalue weighted by Gasteiger charge is -2.17. The summed E-state index contributed by atoms with van der Waals surface area (Å²) in [6.07, 6.45) is 2.28. The maximum atomic E-state index is 6.18. The molecule has 1 aromatic carbocycles. The number of nitrogens with two attached hydrogens (primary N) is 1. The van der Waals surface area contributed by atoms with Gasteiger partial charge in [0.1, 0.15) is 0 Å². The zero-order valence-corrected chi connectivity index (χ0v) is 9.18. The molecule has 2 heterocycles.